The normalized spacial score (nSPS) is 21.0. The molecule has 3 fully saturated rings. The Morgan fingerprint density at radius 2 is 1.85 bits per heavy atom. The molecule has 3 aliphatic rings. The standard InChI is InChI=1S/C29H31FN4O6S/c1-39-27-24-20(26(35)21(28(36)40-2)15-34(24)18-10-11-18)13-22(30)25(27)32-14-17-7-6-12-33(23(17)16-32)29(37)31-41(38)19-8-4-3-5-9-19/h3-5,8-9,13,15,17-18,23H,6-7,10-12,14,16H2,1-2H3,(H,31,37)/t17-,23+,41?/m0/s1. The third-order valence-corrected chi connectivity index (χ3v) is 9.30. The van der Waals surface area contributed by atoms with E-state index in [1.807, 2.05) is 15.5 Å². The van der Waals surface area contributed by atoms with Gasteiger partial charge in [0.2, 0.25) is 5.43 Å². The molecule has 3 aromatic rings. The number of carbonyl (C=O) groups is 2. The number of methoxy groups -OCH3 is 2. The van der Waals surface area contributed by atoms with Gasteiger partial charge in [0.05, 0.1) is 36.1 Å². The molecule has 2 saturated heterocycles. The van der Waals surface area contributed by atoms with Crippen LogP contribution in [0.15, 0.2) is 52.3 Å². The number of benzene rings is 2. The second kappa shape index (κ2) is 10.8. The van der Waals surface area contributed by atoms with Gasteiger partial charge in [-0.05, 0) is 49.8 Å². The van der Waals surface area contributed by atoms with E-state index in [9.17, 15) is 18.6 Å². The van der Waals surface area contributed by atoms with Gasteiger partial charge in [-0.1, -0.05) is 18.2 Å². The zero-order chi connectivity index (χ0) is 28.8. The molecular weight excluding hydrogens is 551 g/mol. The zero-order valence-corrected chi connectivity index (χ0v) is 23.6. The summed E-state index contributed by atoms with van der Waals surface area (Å²) in [6.07, 6.45) is 4.84. The van der Waals surface area contributed by atoms with Crippen LogP contribution in [0.2, 0.25) is 0 Å². The lowest BCUT2D eigenvalue weighted by Gasteiger charge is -2.36. The summed E-state index contributed by atoms with van der Waals surface area (Å²) in [4.78, 5) is 42.9. The predicted molar refractivity (Wildman–Crippen MR) is 151 cm³/mol. The molecule has 216 valence electrons. The summed E-state index contributed by atoms with van der Waals surface area (Å²) in [5.41, 5.74) is -0.103. The third-order valence-electron chi connectivity index (χ3n) is 8.24. The lowest BCUT2D eigenvalue weighted by molar-refractivity contribution is 0.0598. The van der Waals surface area contributed by atoms with E-state index in [1.54, 1.807) is 29.2 Å². The van der Waals surface area contributed by atoms with Crippen LogP contribution in [0.3, 0.4) is 0 Å². The number of pyridine rings is 1. The van der Waals surface area contributed by atoms with E-state index in [0.717, 1.165) is 25.7 Å². The third kappa shape index (κ3) is 4.83. The highest BCUT2D eigenvalue weighted by Gasteiger charge is 2.43. The van der Waals surface area contributed by atoms with Crippen molar-refractivity contribution in [2.75, 3.05) is 38.8 Å². The Hall–Kier alpha value is -3.93. The van der Waals surface area contributed by atoms with Crippen LogP contribution in [0.4, 0.5) is 14.9 Å². The van der Waals surface area contributed by atoms with E-state index in [2.05, 4.69) is 4.72 Å². The molecule has 1 unspecified atom stereocenters. The SMILES string of the molecule is COC(=O)c1cn(C2CC2)c2c(OC)c(N3C[C@@H]4CCCN(C(=O)NS(=O)c5ccccc5)[C@@H]4C3)c(F)cc2c1=O. The summed E-state index contributed by atoms with van der Waals surface area (Å²) < 4.78 is 43.7. The number of piperidine rings is 1. The first-order valence-corrected chi connectivity index (χ1v) is 14.8. The second-order valence-electron chi connectivity index (χ2n) is 10.7. The highest BCUT2D eigenvalue weighted by atomic mass is 32.2. The van der Waals surface area contributed by atoms with Crippen LogP contribution in [-0.2, 0) is 15.7 Å². The van der Waals surface area contributed by atoms with Crippen LogP contribution >= 0.6 is 0 Å². The molecule has 2 aliphatic heterocycles. The van der Waals surface area contributed by atoms with Gasteiger partial charge >= 0.3 is 12.0 Å². The molecule has 2 amide bonds. The molecular formula is C29H31FN4O6S. The molecule has 1 aliphatic carbocycles. The molecule has 1 N–H and O–H groups in total. The maximum Gasteiger partial charge on any atom is 0.343 e. The van der Waals surface area contributed by atoms with E-state index in [-0.39, 0.29) is 40.4 Å². The lowest BCUT2D eigenvalue weighted by atomic mass is 9.92. The molecule has 1 aromatic heterocycles. The van der Waals surface area contributed by atoms with Crippen molar-refractivity contribution < 1.29 is 27.7 Å². The first kappa shape index (κ1) is 27.3. The van der Waals surface area contributed by atoms with Crippen molar-refractivity contribution >= 4 is 39.6 Å². The maximum absolute atomic E-state index is 15.9. The monoisotopic (exact) mass is 582 g/mol. The van der Waals surface area contributed by atoms with Crippen molar-refractivity contribution in [2.45, 2.75) is 42.7 Å². The topological polar surface area (TPSA) is 110 Å². The number of hydrogen-bond acceptors (Lipinski definition) is 7. The largest absolute Gasteiger partial charge is 0.492 e. The molecule has 0 spiro atoms. The molecule has 10 nitrogen and oxygen atoms in total. The van der Waals surface area contributed by atoms with Gasteiger partial charge in [-0.2, -0.15) is 0 Å². The first-order valence-electron chi connectivity index (χ1n) is 13.6. The quantitative estimate of drug-likeness (QED) is 0.443. The summed E-state index contributed by atoms with van der Waals surface area (Å²) >= 11 is 0. The minimum Gasteiger partial charge on any atom is -0.492 e. The number of ether oxygens (including phenoxy) is 2. The van der Waals surface area contributed by atoms with Crippen LogP contribution in [0, 0.1) is 11.7 Å². The zero-order valence-electron chi connectivity index (χ0n) is 22.8. The molecule has 6 rings (SSSR count). The Bertz CT molecular complexity index is 1610. The van der Waals surface area contributed by atoms with Gasteiger partial charge < -0.3 is 23.8 Å². The Labute approximate surface area is 238 Å². The van der Waals surface area contributed by atoms with E-state index < -0.39 is 34.2 Å². The van der Waals surface area contributed by atoms with E-state index >= 15 is 4.39 Å². The van der Waals surface area contributed by atoms with E-state index in [1.165, 1.54) is 26.5 Å². The smallest absolute Gasteiger partial charge is 0.343 e. The van der Waals surface area contributed by atoms with Gasteiger partial charge in [-0.25, -0.2) is 18.2 Å². The molecule has 3 heterocycles. The summed E-state index contributed by atoms with van der Waals surface area (Å²) in [5, 5.41) is 0.0545. The summed E-state index contributed by atoms with van der Waals surface area (Å²) in [6, 6.07) is 9.30. The Morgan fingerprint density at radius 3 is 2.54 bits per heavy atom. The van der Waals surface area contributed by atoms with Crippen molar-refractivity contribution in [2.24, 2.45) is 5.92 Å². The number of hydrogen-bond donors (Lipinski definition) is 1. The number of esters is 1. The molecule has 12 heteroatoms. The number of aromatic nitrogens is 1. The number of rotatable bonds is 6. The van der Waals surface area contributed by atoms with Gasteiger partial charge in [0.15, 0.2) is 22.6 Å². The van der Waals surface area contributed by atoms with Crippen molar-refractivity contribution in [1.82, 2.24) is 14.2 Å². The molecule has 3 atom stereocenters. The maximum atomic E-state index is 15.9. The van der Waals surface area contributed by atoms with Crippen LogP contribution in [-0.4, -0.2) is 65.6 Å². The van der Waals surface area contributed by atoms with E-state index in [4.69, 9.17) is 9.47 Å². The lowest BCUT2D eigenvalue weighted by Crippen LogP contribution is -2.52. The van der Waals surface area contributed by atoms with Crippen molar-refractivity contribution in [3.8, 4) is 5.75 Å². The van der Waals surface area contributed by atoms with Gasteiger partial charge in [0.25, 0.3) is 0 Å². The van der Waals surface area contributed by atoms with Crippen LogP contribution in [0.25, 0.3) is 10.9 Å². The Balaban J connectivity index is 1.35. The van der Waals surface area contributed by atoms with Crippen molar-refractivity contribution in [1.29, 1.82) is 0 Å². The Morgan fingerprint density at radius 1 is 1.10 bits per heavy atom. The minimum absolute atomic E-state index is 0.0545. The van der Waals surface area contributed by atoms with Gasteiger partial charge in [0.1, 0.15) is 11.3 Å². The van der Waals surface area contributed by atoms with Gasteiger partial charge in [-0.15, -0.1) is 0 Å². The predicted octanol–water partition coefficient (Wildman–Crippen LogP) is 3.60. The Kier molecular flexibility index (Phi) is 7.18. The fraction of sp³-hybridized carbons (Fsp3) is 0.414. The van der Waals surface area contributed by atoms with Crippen molar-refractivity contribution in [3.05, 3.63) is 64.2 Å². The van der Waals surface area contributed by atoms with E-state index in [0.29, 0.717) is 30.0 Å². The number of halogens is 1. The summed E-state index contributed by atoms with van der Waals surface area (Å²) in [5.74, 6) is -1.12. The highest BCUT2D eigenvalue weighted by Crippen LogP contribution is 2.45. The molecule has 2 aromatic carbocycles. The number of likely N-dealkylation sites (tertiary alicyclic amines) is 1. The number of amides is 2. The van der Waals surface area contributed by atoms with Crippen molar-refractivity contribution in [3.63, 3.8) is 0 Å². The number of nitrogens with one attached hydrogen (secondary N) is 1. The van der Waals surface area contributed by atoms with Gasteiger partial charge in [0, 0.05) is 31.9 Å². The van der Waals surface area contributed by atoms with Crippen LogP contribution in [0.5, 0.6) is 5.75 Å². The number of anilines is 1. The molecule has 1 saturated carbocycles. The molecule has 41 heavy (non-hydrogen) atoms. The van der Waals surface area contributed by atoms with Crippen LogP contribution in [0.1, 0.15) is 42.1 Å². The van der Waals surface area contributed by atoms with Crippen LogP contribution < -0.4 is 19.8 Å². The second-order valence-corrected chi connectivity index (χ2v) is 11.9. The minimum atomic E-state index is -1.70. The fourth-order valence-corrected chi connectivity index (χ4v) is 6.98. The van der Waals surface area contributed by atoms with Gasteiger partial charge in [-0.3, -0.25) is 9.52 Å². The number of fused-ring (bicyclic) bond motifs is 2. The number of urea groups is 1. The average molecular weight is 583 g/mol. The highest BCUT2D eigenvalue weighted by molar-refractivity contribution is 7.83. The summed E-state index contributed by atoms with van der Waals surface area (Å²) in [7, 11) is 0.940. The summed E-state index contributed by atoms with van der Waals surface area (Å²) in [6.45, 7) is 1.34. The average Bonchev–Trinajstić information content (AvgIpc) is 3.74. The molecule has 0 radical (unpaired) electrons. The first-order chi connectivity index (χ1) is 19.8. The number of nitrogens with zero attached hydrogens (tertiary/aromatic N) is 3. The fourth-order valence-electron chi connectivity index (χ4n) is 6.18. The molecule has 0 bridgehead atoms. The number of carbonyl (C=O) groups excluding carboxylic acids is 2.